The normalized spacial score (nSPS) is 13.3. The first-order valence-electron chi connectivity index (χ1n) is 3.91. The topological polar surface area (TPSA) is 51.2 Å². The summed E-state index contributed by atoms with van der Waals surface area (Å²) in [5.41, 5.74) is 3.86. The summed E-state index contributed by atoms with van der Waals surface area (Å²) < 4.78 is 6.07. The predicted octanol–water partition coefficient (Wildman–Crippen LogP) is 2.26. The predicted molar refractivity (Wildman–Crippen MR) is 51.5 cm³/mol. The van der Waals surface area contributed by atoms with E-state index in [9.17, 15) is 0 Å². The molecule has 3 nitrogen and oxygen atoms in total. The van der Waals surface area contributed by atoms with Gasteiger partial charge in [-0.15, -0.1) is 0 Å². The van der Waals surface area contributed by atoms with E-state index in [1.165, 1.54) is 0 Å². The number of aryl methyl sites for hydroxylation is 1. The Kier molecular flexibility index (Phi) is 3.31. The van der Waals surface area contributed by atoms with E-state index in [1.807, 2.05) is 13.0 Å². The summed E-state index contributed by atoms with van der Waals surface area (Å²) in [5.74, 6) is 6.30. The molecule has 12 heavy (non-hydrogen) atoms. The van der Waals surface area contributed by atoms with Crippen molar-refractivity contribution in [1.82, 2.24) is 5.43 Å². The number of furan rings is 1. The van der Waals surface area contributed by atoms with E-state index in [-0.39, 0.29) is 6.04 Å². The van der Waals surface area contributed by atoms with Crippen molar-refractivity contribution in [2.24, 2.45) is 5.84 Å². The summed E-state index contributed by atoms with van der Waals surface area (Å²) in [6.45, 7) is 4.00. The van der Waals surface area contributed by atoms with Crippen molar-refractivity contribution in [3.8, 4) is 0 Å². The molecule has 0 aliphatic carbocycles. The molecule has 68 valence electrons. The van der Waals surface area contributed by atoms with Crippen molar-refractivity contribution in [2.45, 2.75) is 26.3 Å². The van der Waals surface area contributed by atoms with Crippen LogP contribution in [0.4, 0.5) is 0 Å². The summed E-state index contributed by atoms with van der Waals surface area (Å²) in [6.07, 6.45) is 0.948. The summed E-state index contributed by atoms with van der Waals surface area (Å²) in [7, 11) is 0. The minimum atomic E-state index is 0.181. The minimum Gasteiger partial charge on any atom is -0.454 e. The molecule has 1 aromatic heterocycles. The maximum absolute atomic E-state index is 5.39. The SMILES string of the molecule is CCC(NN)c1cc(Br)oc1C. The van der Waals surface area contributed by atoms with Gasteiger partial charge >= 0.3 is 0 Å². The molecule has 1 rings (SSSR count). The summed E-state index contributed by atoms with van der Waals surface area (Å²) in [5, 5.41) is 0. The van der Waals surface area contributed by atoms with Crippen LogP contribution in [0.2, 0.25) is 0 Å². The third-order valence-corrected chi connectivity index (χ3v) is 2.30. The lowest BCUT2D eigenvalue weighted by molar-refractivity contribution is 0.484. The molecule has 0 radical (unpaired) electrons. The Morgan fingerprint density at radius 2 is 2.42 bits per heavy atom. The number of nitrogens with one attached hydrogen (secondary N) is 1. The summed E-state index contributed by atoms with van der Waals surface area (Å²) in [4.78, 5) is 0. The number of halogens is 1. The monoisotopic (exact) mass is 232 g/mol. The van der Waals surface area contributed by atoms with E-state index in [2.05, 4.69) is 28.3 Å². The van der Waals surface area contributed by atoms with E-state index >= 15 is 0 Å². The van der Waals surface area contributed by atoms with E-state index in [0.717, 1.165) is 22.4 Å². The fourth-order valence-corrected chi connectivity index (χ4v) is 1.72. The first kappa shape index (κ1) is 9.77. The van der Waals surface area contributed by atoms with Gasteiger partial charge in [0.1, 0.15) is 5.76 Å². The lowest BCUT2D eigenvalue weighted by atomic mass is 10.1. The van der Waals surface area contributed by atoms with Crippen LogP contribution >= 0.6 is 15.9 Å². The van der Waals surface area contributed by atoms with Gasteiger partial charge in [-0.3, -0.25) is 11.3 Å². The highest BCUT2D eigenvalue weighted by Gasteiger charge is 2.13. The Morgan fingerprint density at radius 1 is 1.75 bits per heavy atom. The molecule has 1 aromatic rings. The number of rotatable bonds is 3. The average Bonchev–Trinajstić information content (AvgIpc) is 2.34. The fraction of sp³-hybridized carbons (Fsp3) is 0.500. The molecule has 0 aliphatic rings. The molecule has 0 amide bonds. The molecule has 1 atom stereocenters. The van der Waals surface area contributed by atoms with Crippen molar-refractivity contribution < 1.29 is 4.42 Å². The lowest BCUT2D eigenvalue weighted by Crippen LogP contribution is -2.27. The number of hydrogen-bond acceptors (Lipinski definition) is 3. The van der Waals surface area contributed by atoms with E-state index in [1.54, 1.807) is 0 Å². The maximum atomic E-state index is 5.39. The summed E-state index contributed by atoms with van der Waals surface area (Å²) in [6, 6.07) is 2.13. The molecule has 1 unspecified atom stereocenters. The second kappa shape index (κ2) is 4.07. The molecular weight excluding hydrogens is 220 g/mol. The number of hydrazine groups is 1. The van der Waals surface area contributed by atoms with Gasteiger partial charge in [0, 0.05) is 11.6 Å². The molecule has 0 saturated carbocycles. The highest BCUT2D eigenvalue weighted by molar-refractivity contribution is 9.10. The van der Waals surface area contributed by atoms with Crippen LogP contribution in [0.5, 0.6) is 0 Å². The van der Waals surface area contributed by atoms with Crippen LogP contribution in [0.1, 0.15) is 30.7 Å². The smallest absolute Gasteiger partial charge is 0.169 e. The van der Waals surface area contributed by atoms with Gasteiger partial charge in [0.2, 0.25) is 0 Å². The van der Waals surface area contributed by atoms with Gasteiger partial charge in [0.25, 0.3) is 0 Å². The molecule has 3 N–H and O–H groups in total. The Labute approximate surface area is 80.4 Å². The second-order valence-corrected chi connectivity index (χ2v) is 3.47. The van der Waals surface area contributed by atoms with Crippen LogP contribution in [0.15, 0.2) is 15.2 Å². The molecule has 0 aliphatic heterocycles. The number of hydrogen-bond donors (Lipinski definition) is 2. The van der Waals surface area contributed by atoms with Crippen LogP contribution in [0.3, 0.4) is 0 Å². The van der Waals surface area contributed by atoms with Crippen molar-refractivity contribution in [3.63, 3.8) is 0 Å². The van der Waals surface area contributed by atoms with Crippen molar-refractivity contribution >= 4 is 15.9 Å². The molecule has 0 spiro atoms. The maximum Gasteiger partial charge on any atom is 0.169 e. The third-order valence-electron chi connectivity index (χ3n) is 1.91. The quantitative estimate of drug-likeness (QED) is 0.621. The van der Waals surface area contributed by atoms with Gasteiger partial charge in [-0.25, -0.2) is 0 Å². The van der Waals surface area contributed by atoms with E-state index < -0.39 is 0 Å². The van der Waals surface area contributed by atoms with Gasteiger partial charge in [-0.05, 0) is 35.3 Å². The van der Waals surface area contributed by atoms with E-state index in [4.69, 9.17) is 10.3 Å². The lowest BCUT2D eigenvalue weighted by Gasteiger charge is -2.11. The zero-order valence-corrected chi connectivity index (χ0v) is 8.81. The minimum absolute atomic E-state index is 0.181. The largest absolute Gasteiger partial charge is 0.454 e. The average molecular weight is 233 g/mol. The summed E-state index contributed by atoms with van der Waals surface area (Å²) >= 11 is 3.27. The molecule has 0 aromatic carbocycles. The highest BCUT2D eigenvalue weighted by atomic mass is 79.9. The van der Waals surface area contributed by atoms with Crippen LogP contribution in [0.25, 0.3) is 0 Å². The standard InChI is InChI=1S/C8H13BrN2O/c1-3-7(11-10)6-4-8(9)12-5(6)2/h4,7,11H,3,10H2,1-2H3. The van der Waals surface area contributed by atoms with E-state index in [0.29, 0.717) is 0 Å². The Bertz CT molecular complexity index is 256. The Balaban J connectivity index is 2.91. The Morgan fingerprint density at radius 3 is 2.75 bits per heavy atom. The number of nitrogens with two attached hydrogens (primary N) is 1. The first-order chi connectivity index (χ1) is 5.69. The molecule has 0 fully saturated rings. The zero-order valence-electron chi connectivity index (χ0n) is 7.23. The second-order valence-electron chi connectivity index (χ2n) is 2.69. The van der Waals surface area contributed by atoms with Gasteiger partial charge in [-0.1, -0.05) is 6.92 Å². The van der Waals surface area contributed by atoms with Crippen molar-refractivity contribution in [1.29, 1.82) is 0 Å². The van der Waals surface area contributed by atoms with Gasteiger partial charge < -0.3 is 4.42 Å². The van der Waals surface area contributed by atoms with Crippen molar-refractivity contribution in [3.05, 3.63) is 22.1 Å². The molecule has 1 heterocycles. The molecule has 0 saturated heterocycles. The fourth-order valence-electron chi connectivity index (χ4n) is 1.23. The van der Waals surface area contributed by atoms with Gasteiger partial charge in [0.05, 0.1) is 0 Å². The van der Waals surface area contributed by atoms with Crippen molar-refractivity contribution in [2.75, 3.05) is 0 Å². The zero-order chi connectivity index (χ0) is 9.14. The third kappa shape index (κ3) is 1.88. The van der Waals surface area contributed by atoms with Gasteiger partial charge in [-0.2, -0.15) is 0 Å². The first-order valence-corrected chi connectivity index (χ1v) is 4.70. The Hall–Kier alpha value is -0.320. The highest BCUT2D eigenvalue weighted by Crippen LogP contribution is 2.26. The molecular formula is C8H13BrN2O. The van der Waals surface area contributed by atoms with Crippen LogP contribution in [0, 0.1) is 6.92 Å². The van der Waals surface area contributed by atoms with Crippen LogP contribution < -0.4 is 11.3 Å². The molecule has 0 bridgehead atoms. The van der Waals surface area contributed by atoms with Gasteiger partial charge in [0.15, 0.2) is 4.67 Å². The molecule has 4 heteroatoms. The van der Waals surface area contributed by atoms with Crippen LogP contribution in [-0.4, -0.2) is 0 Å². The van der Waals surface area contributed by atoms with Crippen LogP contribution in [-0.2, 0) is 0 Å².